The number of benzene rings is 1. The number of nitrogens with zero attached hydrogens (tertiary/aromatic N) is 5. The number of fused-ring (bicyclic) bond motifs is 1. The number of H-pyrrole nitrogens is 1. The van der Waals surface area contributed by atoms with E-state index in [9.17, 15) is 9.59 Å². The van der Waals surface area contributed by atoms with Crippen molar-refractivity contribution in [2.75, 3.05) is 13.7 Å². The van der Waals surface area contributed by atoms with E-state index in [0.717, 1.165) is 48.8 Å². The molecule has 0 aliphatic heterocycles. The third-order valence-corrected chi connectivity index (χ3v) is 6.50. The molecule has 1 fully saturated rings. The summed E-state index contributed by atoms with van der Waals surface area (Å²) in [7, 11) is 1.63. The number of carbonyl (C=O) groups is 1. The highest BCUT2D eigenvalue weighted by molar-refractivity contribution is 5.80. The van der Waals surface area contributed by atoms with Gasteiger partial charge < -0.3 is 14.5 Å². The quantitative estimate of drug-likeness (QED) is 0.452. The minimum Gasteiger partial charge on any atom is -0.497 e. The molecule has 4 rings (SSSR count). The molecule has 2 heterocycles. The number of hydrogen-bond donors (Lipinski definition) is 1. The maximum Gasteiger partial charge on any atom is 0.327 e. The number of aromatic nitrogens is 5. The largest absolute Gasteiger partial charge is 0.497 e. The van der Waals surface area contributed by atoms with Gasteiger partial charge in [0.1, 0.15) is 12.3 Å². The summed E-state index contributed by atoms with van der Waals surface area (Å²) in [5.41, 5.74) is 1.34. The van der Waals surface area contributed by atoms with Crippen LogP contribution in [0.15, 0.2) is 29.1 Å². The number of rotatable bonds is 10. The van der Waals surface area contributed by atoms with Gasteiger partial charge >= 0.3 is 5.97 Å². The number of tetrazole rings is 1. The second-order valence-corrected chi connectivity index (χ2v) is 8.61. The summed E-state index contributed by atoms with van der Waals surface area (Å²) in [5.74, 6) is 0.974. The van der Waals surface area contributed by atoms with Crippen LogP contribution in [0.3, 0.4) is 0 Å². The first-order valence-electron chi connectivity index (χ1n) is 11.9. The summed E-state index contributed by atoms with van der Waals surface area (Å²) in [6, 6.07) is 7.70. The Morgan fingerprint density at radius 2 is 2.06 bits per heavy atom. The zero-order valence-corrected chi connectivity index (χ0v) is 20.0. The maximum absolute atomic E-state index is 13.0. The molecule has 0 bridgehead atoms. The Hall–Kier alpha value is -3.27. The van der Waals surface area contributed by atoms with Gasteiger partial charge in [0.2, 0.25) is 0 Å². The van der Waals surface area contributed by atoms with Gasteiger partial charge in [0.05, 0.1) is 19.8 Å². The first-order chi connectivity index (χ1) is 16.5. The lowest BCUT2D eigenvalue weighted by molar-refractivity contribution is -0.144. The molecular weight excluding hydrogens is 436 g/mol. The van der Waals surface area contributed by atoms with E-state index in [4.69, 9.17) is 9.47 Å². The van der Waals surface area contributed by atoms with Gasteiger partial charge in [-0.05, 0) is 60.9 Å². The van der Waals surface area contributed by atoms with Crippen molar-refractivity contribution in [3.8, 4) is 5.75 Å². The van der Waals surface area contributed by atoms with E-state index in [-0.39, 0.29) is 24.1 Å². The van der Waals surface area contributed by atoms with Gasteiger partial charge in [-0.25, -0.2) is 4.68 Å². The van der Waals surface area contributed by atoms with Crippen LogP contribution in [-0.2, 0) is 22.6 Å². The molecule has 2 aromatic heterocycles. The molecule has 0 radical (unpaired) electrons. The van der Waals surface area contributed by atoms with Crippen molar-refractivity contribution in [1.82, 2.24) is 30.1 Å². The van der Waals surface area contributed by atoms with Gasteiger partial charge in [-0.3, -0.25) is 14.5 Å². The number of aromatic amines is 1. The predicted octanol–water partition coefficient (Wildman–Crippen LogP) is 2.98. The zero-order valence-electron chi connectivity index (χ0n) is 20.0. The van der Waals surface area contributed by atoms with Gasteiger partial charge in [0, 0.05) is 29.1 Å². The molecule has 0 unspecified atom stereocenters. The normalized spacial score (nSPS) is 15.2. The van der Waals surface area contributed by atoms with Crippen LogP contribution in [0.4, 0.5) is 0 Å². The minimum atomic E-state index is -0.377. The van der Waals surface area contributed by atoms with Crippen LogP contribution in [0, 0.1) is 0 Å². The number of esters is 1. The van der Waals surface area contributed by atoms with E-state index >= 15 is 0 Å². The van der Waals surface area contributed by atoms with Crippen molar-refractivity contribution < 1.29 is 14.3 Å². The van der Waals surface area contributed by atoms with E-state index in [0.29, 0.717) is 30.6 Å². The van der Waals surface area contributed by atoms with E-state index in [2.05, 4.69) is 32.3 Å². The van der Waals surface area contributed by atoms with Crippen molar-refractivity contribution in [3.63, 3.8) is 0 Å². The summed E-state index contributed by atoms with van der Waals surface area (Å²) < 4.78 is 12.0. The smallest absolute Gasteiger partial charge is 0.327 e. The maximum atomic E-state index is 13.0. The van der Waals surface area contributed by atoms with E-state index < -0.39 is 0 Å². The fourth-order valence-corrected chi connectivity index (χ4v) is 4.86. The number of nitrogens with one attached hydrogen (secondary N) is 1. The number of hydrogen-bond acceptors (Lipinski definition) is 8. The molecule has 1 aliphatic rings. The predicted molar refractivity (Wildman–Crippen MR) is 126 cm³/mol. The molecule has 1 N–H and O–H groups in total. The standard InChI is InChI=1S/C24H32N6O4/c1-4-21(23-26-27-28-30(23)15-22(31)34-5-2)29(18-8-6-7-9-18)14-17-12-16-13-19(33-3)10-11-20(16)25-24(17)32/h10-13,18,21H,4-9,14-15H2,1-3H3,(H,25,32)/t21-/m0/s1. The monoisotopic (exact) mass is 468 g/mol. The van der Waals surface area contributed by atoms with Crippen molar-refractivity contribution >= 4 is 16.9 Å². The Morgan fingerprint density at radius 1 is 1.26 bits per heavy atom. The molecule has 10 heteroatoms. The Morgan fingerprint density at radius 3 is 2.76 bits per heavy atom. The van der Waals surface area contributed by atoms with Crippen LogP contribution < -0.4 is 10.3 Å². The first-order valence-corrected chi connectivity index (χ1v) is 11.9. The number of ether oxygens (including phenoxy) is 2. The topological polar surface area (TPSA) is 115 Å². The highest BCUT2D eigenvalue weighted by Crippen LogP contribution is 2.33. The molecular formula is C24H32N6O4. The summed E-state index contributed by atoms with van der Waals surface area (Å²) in [6.07, 6.45) is 5.14. The fourth-order valence-electron chi connectivity index (χ4n) is 4.86. The molecule has 10 nitrogen and oxygen atoms in total. The highest BCUT2D eigenvalue weighted by atomic mass is 16.5. The molecule has 0 amide bonds. The SMILES string of the molecule is CCOC(=O)Cn1nnnc1[C@H](CC)N(Cc1cc2cc(OC)ccc2[nH]c1=O)C1CCCC1. The number of methoxy groups -OCH3 is 1. The van der Waals surface area contributed by atoms with Gasteiger partial charge in [-0.15, -0.1) is 5.10 Å². The summed E-state index contributed by atoms with van der Waals surface area (Å²) in [6.45, 7) is 4.56. The van der Waals surface area contributed by atoms with E-state index in [1.54, 1.807) is 14.0 Å². The molecule has 0 spiro atoms. The van der Waals surface area contributed by atoms with Crippen LogP contribution in [0.1, 0.15) is 63.4 Å². The van der Waals surface area contributed by atoms with Gasteiger partial charge in [0.15, 0.2) is 5.82 Å². The highest BCUT2D eigenvalue weighted by Gasteiger charge is 2.33. The molecule has 1 aliphatic carbocycles. The second-order valence-electron chi connectivity index (χ2n) is 8.61. The molecule has 1 atom stereocenters. The van der Waals surface area contributed by atoms with Crippen LogP contribution in [0.2, 0.25) is 0 Å². The summed E-state index contributed by atoms with van der Waals surface area (Å²) in [4.78, 5) is 30.4. The van der Waals surface area contributed by atoms with E-state index in [1.165, 1.54) is 4.68 Å². The van der Waals surface area contributed by atoms with Crippen LogP contribution in [0.25, 0.3) is 10.9 Å². The van der Waals surface area contributed by atoms with Crippen LogP contribution in [-0.4, -0.2) is 55.8 Å². The minimum absolute atomic E-state index is 0.0401. The Balaban J connectivity index is 1.69. The molecule has 1 aromatic carbocycles. The Labute approximate surface area is 198 Å². The lowest BCUT2D eigenvalue weighted by atomic mass is 10.0. The fraction of sp³-hybridized carbons (Fsp3) is 0.542. The Bertz CT molecular complexity index is 1180. The molecule has 3 aromatic rings. The van der Waals surface area contributed by atoms with E-state index in [1.807, 2.05) is 24.3 Å². The molecule has 0 saturated heterocycles. The summed E-state index contributed by atoms with van der Waals surface area (Å²) in [5, 5.41) is 13.1. The van der Waals surface area contributed by atoms with Crippen LogP contribution in [0.5, 0.6) is 5.75 Å². The van der Waals surface area contributed by atoms with Crippen molar-refractivity contribution in [2.24, 2.45) is 0 Å². The average molecular weight is 469 g/mol. The average Bonchev–Trinajstić information content (AvgIpc) is 3.52. The zero-order chi connectivity index (χ0) is 24.1. The van der Waals surface area contributed by atoms with Gasteiger partial charge in [-0.1, -0.05) is 19.8 Å². The number of carbonyl (C=O) groups excluding carboxylic acids is 1. The third-order valence-electron chi connectivity index (χ3n) is 6.50. The lowest BCUT2D eigenvalue weighted by Gasteiger charge is -2.35. The lowest BCUT2D eigenvalue weighted by Crippen LogP contribution is -2.39. The Kier molecular flexibility index (Phi) is 7.56. The second kappa shape index (κ2) is 10.8. The van der Waals surface area contributed by atoms with Gasteiger partial charge in [0.25, 0.3) is 5.56 Å². The van der Waals surface area contributed by atoms with Gasteiger partial charge in [-0.2, -0.15) is 0 Å². The molecule has 1 saturated carbocycles. The first kappa shape index (κ1) is 23.9. The molecule has 34 heavy (non-hydrogen) atoms. The van der Waals surface area contributed by atoms with Crippen LogP contribution >= 0.6 is 0 Å². The summed E-state index contributed by atoms with van der Waals surface area (Å²) >= 11 is 0. The van der Waals surface area contributed by atoms with Crippen molar-refractivity contribution in [2.45, 2.75) is 71.1 Å². The third kappa shape index (κ3) is 5.11. The molecule has 182 valence electrons. The van der Waals surface area contributed by atoms with Crippen molar-refractivity contribution in [1.29, 1.82) is 0 Å². The number of pyridine rings is 1. The van der Waals surface area contributed by atoms with Crippen molar-refractivity contribution in [3.05, 3.63) is 46.0 Å².